The first-order chi connectivity index (χ1) is 9.56. The molecule has 0 aliphatic rings. The maximum atomic E-state index is 13.7. The number of tetrazole rings is 1. The summed E-state index contributed by atoms with van der Waals surface area (Å²) in [4.78, 5) is 11.7. The zero-order valence-corrected chi connectivity index (χ0v) is 11.2. The Labute approximate surface area is 115 Å². The molecular weight excluding hydrogens is 263 g/mol. The molecule has 0 atom stereocenters. The Morgan fingerprint density at radius 2 is 2.25 bits per heavy atom. The molecule has 0 bridgehead atoms. The van der Waals surface area contributed by atoms with Gasteiger partial charge in [0, 0.05) is 6.04 Å². The maximum Gasteiger partial charge on any atom is 0.238 e. The molecule has 1 heterocycles. The van der Waals surface area contributed by atoms with E-state index in [9.17, 15) is 9.18 Å². The number of anilines is 1. The number of halogens is 1. The lowest BCUT2D eigenvalue weighted by Gasteiger charge is -2.10. The average Bonchev–Trinajstić information content (AvgIpc) is 2.93. The summed E-state index contributed by atoms with van der Waals surface area (Å²) in [6.07, 6.45) is 1.39. The van der Waals surface area contributed by atoms with Gasteiger partial charge in [0.05, 0.1) is 17.9 Å². The van der Waals surface area contributed by atoms with E-state index in [1.54, 1.807) is 0 Å². The maximum absolute atomic E-state index is 13.7. The third-order valence-electron chi connectivity index (χ3n) is 2.51. The highest BCUT2D eigenvalue weighted by atomic mass is 19.1. The molecule has 2 N–H and O–H groups in total. The monoisotopic (exact) mass is 278 g/mol. The molecule has 0 saturated heterocycles. The molecule has 0 aliphatic heterocycles. The second-order valence-corrected chi connectivity index (χ2v) is 4.50. The van der Waals surface area contributed by atoms with E-state index in [4.69, 9.17) is 0 Å². The van der Waals surface area contributed by atoms with Crippen LogP contribution in [0.4, 0.5) is 10.1 Å². The fourth-order valence-electron chi connectivity index (χ4n) is 1.52. The van der Waals surface area contributed by atoms with Gasteiger partial charge >= 0.3 is 0 Å². The summed E-state index contributed by atoms with van der Waals surface area (Å²) in [5.41, 5.74) is 0.650. The zero-order chi connectivity index (χ0) is 14.5. The molecule has 0 saturated carbocycles. The summed E-state index contributed by atoms with van der Waals surface area (Å²) in [7, 11) is 0. The van der Waals surface area contributed by atoms with Gasteiger partial charge in [-0.2, -0.15) is 0 Å². The molecule has 2 aromatic rings. The molecule has 106 valence electrons. The van der Waals surface area contributed by atoms with Crippen LogP contribution in [0.1, 0.15) is 13.8 Å². The molecule has 1 aromatic carbocycles. The number of nitrogens with zero attached hydrogens (tertiary/aromatic N) is 4. The van der Waals surface area contributed by atoms with E-state index in [0.29, 0.717) is 5.69 Å². The summed E-state index contributed by atoms with van der Waals surface area (Å²) in [6, 6.07) is 4.42. The third-order valence-corrected chi connectivity index (χ3v) is 2.51. The minimum absolute atomic E-state index is 0.0913. The SMILES string of the molecule is CC(C)NCC(=O)Nc1cc(-n2cnnn2)ccc1F. The molecule has 0 fully saturated rings. The van der Waals surface area contributed by atoms with Gasteiger partial charge in [-0.15, -0.1) is 5.10 Å². The van der Waals surface area contributed by atoms with E-state index >= 15 is 0 Å². The van der Waals surface area contributed by atoms with Gasteiger partial charge < -0.3 is 10.6 Å². The topological polar surface area (TPSA) is 84.7 Å². The van der Waals surface area contributed by atoms with E-state index in [1.807, 2.05) is 13.8 Å². The second kappa shape index (κ2) is 6.20. The first kappa shape index (κ1) is 14.1. The summed E-state index contributed by atoms with van der Waals surface area (Å²) >= 11 is 0. The minimum atomic E-state index is -0.514. The van der Waals surface area contributed by atoms with Gasteiger partial charge in [-0.3, -0.25) is 4.79 Å². The van der Waals surface area contributed by atoms with Crippen molar-refractivity contribution in [3.8, 4) is 5.69 Å². The fraction of sp³-hybridized carbons (Fsp3) is 0.333. The Morgan fingerprint density at radius 1 is 1.45 bits per heavy atom. The molecule has 7 nitrogen and oxygen atoms in total. The molecule has 0 aliphatic carbocycles. The first-order valence-electron chi connectivity index (χ1n) is 6.12. The Hall–Kier alpha value is -2.35. The molecule has 0 unspecified atom stereocenters. The van der Waals surface area contributed by atoms with Crippen LogP contribution in [0.3, 0.4) is 0 Å². The first-order valence-corrected chi connectivity index (χ1v) is 6.12. The summed E-state index contributed by atoms with van der Waals surface area (Å²) in [5.74, 6) is -0.828. The quantitative estimate of drug-likeness (QED) is 0.842. The van der Waals surface area contributed by atoms with Crippen LogP contribution >= 0.6 is 0 Å². The van der Waals surface area contributed by atoms with Crippen molar-refractivity contribution in [1.82, 2.24) is 25.5 Å². The Balaban J connectivity index is 2.11. The number of hydrogen-bond donors (Lipinski definition) is 2. The predicted octanol–water partition coefficient (Wildman–Crippen LogP) is 0.738. The van der Waals surface area contributed by atoms with Crippen LogP contribution < -0.4 is 10.6 Å². The Morgan fingerprint density at radius 3 is 2.90 bits per heavy atom. The van der Waals surface area contributed by atoms with E-state index in [-0.39, 0.29) is 24.2 Å². The van der Waals surface area contributed by atoms with Crippen LogP contribution in [-0.4, -0.2) is 38.7 Å². The summed E-state index contributed by atoms with van der Waals surface area (Å²) in [6.45, 7) is 3.96. The van der Waals surface area contributed by atoms with Crippen molar-refractivity contribution in [3.05, 3.63) is 30.3 Å². The fourth-order valence-corrected chi connectivity index (χ4v) is 1.52. The van der Waals surface area contributed by atoms with Gasteiger partial charge in [0.2, 0.25) is 5.91 Å². The van der Waals surface area contributed by atoms with Crippen molar-refractivity contribution >= 4 is 11.6 Å². The number of carbonyl (C=O) groups is 1. The van der Waals surface area contributed by atoms with E-state index in [2.05, 4.69) is 26.2 Å². The van der Waals surface area contributed by atoms with Crippen LogP contribution in [0, 0.1) is 5.82 Å². The van der Waals surface area contributed by atoms with Crippen LogP contribution in [0.25, 0.3) is 5.69 Å². The number of benzene rings is 1. The van der Waals surface area contributed by atoms with Crippen molar-refractivity contribution < 1.29 is 9.18 Å². The van der Waals surface area contributed by atoms with Crippen LogP contribution in [0.15, 0.2) is 24.5 Å². The molecule has 20 heavy (non-hydrogen) atoms. The standard InChI is InChI=1S/C12H15FN6O/c1-8(2)14-6-12(20)16-11-5-9(3-4-10(11)13)19-7-15-17-18-19/h3-5,7-8,14H,6H2,1-2H3,(H,16,20). The number of amides is 1. The summed E-state index contributed by atoms with van der Waals surface area (Å²) < 4.78 is 15.1. The lowest BCUT2D eigenvalue weighted by Crippen LogP contribution is -2.32. The average molecular weight is 278 g/mol. The number of aromatic nitrogens is 4. The van der Waals surface area contributed by atoms with Crippen molar-refractivity contribution in [2.45, 2.75) is 19.9 Å². The van der Waals surface area contributed by atoms with Crippen molar-refractivity contribution in [2.24, 2.45) is 0 Å². The molecule has 8 heteroatoms. The highest BCUT2D eigenvalue weighted by Gasteiger charge is 2.09. The predicted molar refractivity (Wildman–Crippen MR) is 70.9 cm³/mol. The lowest BCUT2D eigenvalue weighted by molar-refractivity contribution is -0.115. The smallest absolute Gasteiger partial charge is 0.238 e. The van der Waals surface area contributed by atoms with Crippen molar-refractivity contribution in [3.63, 3.8) is 0 Å². The van der Waals surface area contributed by atoms with Crippen LogP contribution in [0.5, 0.6) is 0 Å². The molecule has 1 amide bonds. The molecule has 2 rings (SSSR count). The van der Waals surface area contributed by atoms with Crippen molar-refractivity contribution in [1.29, 1.82) is 0 Å². The van der Waals surface area contributed by atoms with Crippen molar-refractivity contribution in [2.75, 3.05) is 11.9 Å². The number of carbonyl (C=O) groups excluding carboxylic acids is 1. The molecule has 0 radical (unpaired) electrons. The van der Waals surface area contributed by atoms with E-state index < -0.39 is 5.82 Å². The van der Waals surface area contributed by atoms with Gasteiger partial charge in [-0.05, 0) is 28.6 Å². The zero-order valence-electron chi connectivity index (χ0n) is 11.2. The van der Waals surface area contributed by atoms with E-state index in [0.717, 1.165) is 0 Å². The number of nitrogens with one attached hydrogen (secondary N) is 2. The number of rotatable bonds is 5. The van der Waals surface area contributed by atoms with Gasteiger partial charge in [0.1, 0.15) is 12.1 Å². The molecular formula is C12H15FN6O. The van der Waals surface area contributed by atoms with Crippen LogP contribution in [0.2, 0.25) is 0 Å². The molecule has 1 aromatic heterocycles. The minimum Gasteiger partial charge on any atom is -0.322 e. The third kappa shape index (κ3) is 3.58. The highest BCUT2D eigenvalue weighted by Crippen LogP contribution is 2.18. The second-order valence-electron chi connectivity index (χ2n) is 4.50. The van der Waals surface area contributed by atoms with E-state index in [1.165, 1.54) is 29.2 Å². The number of hydrogen-bond acceptors (Lipinski definition) is 5. The highest BCUT2D eigenvalue weighted by molar-refractivity contribution is 5.92. The normalized spacial score (nSPS) is 10.8. The van der Waals surface area contributed by atoms with Gasteiger partial charge in [0.25, 0.3) is 0 Å². The molecule has 0 spiro atoms. The summed E-state index contributed by atoms with van der Waals surface area (Å²) in [5, 5.41) is 16.2. The van der Waals surface area contributed by atoms with Crippen LogP contribution in [-0.2, 0) is 4.79 Å². The Kier molecular flexibility index (Phi) is 4.36. The van der Waals surface area contributed by atoms with Gasteiger partial charge in [-0.1, -0.05) is 13.8 Å². The van der Waals surface area contributed by atoms with Gasteiger partial charge in [0.15, 0.2) is 0 Å². The lowest BCUT2D eigenvalue weighted by atomic mass is 10.2. The largest absolute Gasteiger partial charge is 0.322 e. The Bertz CT molecular complexity index is 584. The van der Waals surface area contributed by atoms with Gasteiger partial charge in [-0.25, -0.2) is 9.07 Å².